The second-order valence-electron chi connectivity index (χ2n) is 8.00. The van der Waals surface area contributed by atoms with Crippen molar-refractivity contribution in [3.05, 3.63) is 65.9 Å². The Morgan fingerprint density at radius 2 is 1.94 bits per heavy atom. The number of anilines is 3. The minimum atomic E-state index is -3.62. The lowest BCUT2D eigenvalue weighted by Crippen LogP contribution is -2.26. The van der Waals surface area contributed by atoms with E-state index in [0.29, 0.717) is 42.0 Å². The number of aromatic nitrogens is 2. The Bertz CT molecular complexity index is 1530. The first kappa shape index (κ1) is 25.6. The van der Waals surface area contributed by atoms with Gasteiger partial charge in [-0.25, -0.2) is 31.3 Å². The number of nitrogens with zero attached hydrogens (tertiary/aromatic N) is 2. The third kappa shape index (κ3) is 6.38. The molecular weight excluding hydrogens is 500 g/mol. The summed E-state index contributed by atoms with van der Waals surface area (Å²) >= 11 is 0. The van der Waals surface area contributed by atoms with Crippen molar-refractivity contribution in [1.29, 1.82) is 0 Å². The average Bonchev–Trinajstić information content (AvgIpc) is 2.85. The van der Waals surface area contributed by atoms with Crippen molar-refractivity contribution in [3.8, 4) is 11.8 Å². The van der Waals surface area contributed by atoms with E-state index in [9.17, 15) is 16.8 Å². The average molecular weight is 527 g/mol. The molecule has 4 N–H and O–H groups in total. The summed E-state index contributed by atoms with van der Waals surface area (Å²) in [4.78, 5) is 9.19. The number of fused-ring (bicyclic) bond motifs is 4. The molecular formula is C24H26N6O4S2. The first-order chi connectivity index (χ1) is 17.2. The topological polar surface area (TPSA) is 142 Å². The van der Waals surface area contributed by atoms with Crippen LogP contribution in [0.4, 0.5) is 17.5 Å². The van der Waals surface area contributed by atoms with Crippen molar-refractivity contribution >= 4 is 37.5 Å². The van der Waals surface area contributed by atoms with Gasteiger partial charge in [0.25, 0.3) is 0 Å². The fourth-order valence-corrected chi connectivity index (χ4v) is 5.86. The van der Waals surface area contributed by atoms with Gasteiger partial charge in [-0.05, 0) is 43.2 Å². The lowest BCUT2D eigenvalue weighted by atomic mass is 10.2. The van der Waals surface area contributed by atoms with Gasteiger partial charge in [-0.1, -0.05) is 36.1 Å². The molecule has 2 heterocycles. The van der Waals surface area contributed by atoms with Gasteiger partial charge in [0.2, 0.25) is 26.0 Å². The zero-order valence-electron chi connectivity index (χ0n) is 19.6. The quantitative estimate of drug-likeness (QED) is 0.300. The highest BCUT2D eigenvalue weighted by Gasteiger charge is 2.16. The summed E-state index contributed by atoms with van der Waals surface area (Å²) in [5.74, 6) is 6.74. The second kappa shape index (κ2) is 11.0. The SMILES string of the molecule is Cc1ccccc1S(=O)(=O)NCCC#Cc1cnc2nc1NCCCNS(=O)(=O)c1cccc(c1)N2. The molecule has 2 aromatic carbocycles. The molecule has 3 aromatic rings. The van der Waals surface area contributed by atoms with E-state index in [1.165, 1.54) is 12.1 Å². The summed E-state index contributed by atoms with van der Waals surface area (Å²) in [5, 5.41) is 6.20. The minimum absolute atomic E-state index is 0.153. The molecule has 0 amide bonds. The van der Waals surface area contributed by atoms with Crippen LogP contribution in [0.2, 0.25) is 0 Å². The van der Waals surface area contributed by atoms with E-state index in [1.54, 1.807) is 49.5 Å². The molecule has 0 radical (unpaired) electrons. The highest BCUT2D eigenvalue weighted by molar-refractivity contribution is 7.89. The smallest absolute Gasteiger partial charge is 0.240 e. The van der Waals surface area contributed by atoms with Gasteiger partial charge in [0.15, 0.2) is 0 Å². The molecule has 0 aliphatic carbocycles. The monoisotopic (exact) mass is 526 g/mol. The fourth-order valence-electron chi connectivity index (χ4n) is 3.46. The second-order valence-corrected chi connectivity index (χ2v) is 11.5. The molecule has 4 rings (SSSR count). The number of benzene rings is 2. The zero-order valence-corrected chi connectivity index (χ0v) is 21.2. The van der Waals surface area contributed by atoms with Gasteiger partial charge >= 0.3 is 0 Å². The van der Waals surface area contributed by atoms with E-state index in [4.69, 9.17) is 0 Å². The molecule has 36 heavy (non-hydrogen) atoms. The van der Waals surface area contributed by atoms with Crippen molar-refractivity contribution in [2.24, 2.45) is 0 Å². The van der Waals surface area contributed by atoms with Gasteiger partial charge in [-0.2, -0.15) is 4.98 Å². The summed E-state index contributed by atoms with van der Waals surface area (Å²) in [6.07, 6.45) is 2.39. The molecule has 0 spiro atoms. The third-order valence-electron chi connectivity index (χ3n) is 5.28. The number of aryl methyl sites for hydroxylation is 1. The molecule has 12 heteroatoms. The Kier molecular flexibility index (Phi) is 7.85. The molecule has 0 unspecified atom stereocenters. The molecule has 0 fully saturated rings. The summed E-state index contributed by atoms with van der Waals surface area (Å²) < 4.78 is 55.1. The molecule has 1 aromatic heterocycles. The number of nitrogens with one attached hydrogen (secondary N) is 4. The number of sulfonamides is 2. The molecule has 10 nitrogen and oxygen atoms in total. The van der Waals surface area contributed by atoms with Crippen LogP contribution in [0.5, 0.6) is 0 Å². The number of rotatable bonds is 4. The van der Waals surface area contributed by atoms with E-state index in [-0.39, 0.29) is 28.8 Å². The maximum atomic E-state index is 12.5. The minimum Gasteiger partial charge on any atom is -0.369 e. The van der Waals surface area contributed by atoms with Gasteiger partial charge < -0.3 is 10.6 Å². The Morgan fingerprint density at radius 1 is 1.11 bits per heavy atom. The molecule has 1 aliphatic heterocycles. The predicted octanol–water partition coefficient (Wildman–Crippen LogP) is 2.34. The summed E-state index contributed by atoms with van der Waals surface area (Å²) in [7, 11) is -7.23. The largest absolute Gasteiger partial charge is 0.369 e. The Morgan fingerprint density at radius 3 is 2.78 bits per heavy atom. The van der Waals surface area contributed by atoms with Gasteiger partial charge in [0, 0.05) is 31.7 Å². The molecule has 4 bridgehead atoms. The maximum absolute atomic E-state index is 12.5. The highest BCUT2D eigenvalue weighted by atomic mass is 32.2. The Balaban J connectivity index is 1.47. The standard InChI is InChI=1S/C24H26N6O4S2/c1-18-8-2-3-12-22(18)36(33,34)28-14-5-4-9-19-17-26-24-29-20-10-6-11-21(16-20)35(31,32)27-15-7-13-25-23(19)30-24/h2-3,6,8,10-12,16-17,27-28H,5,7,13-15H2,1H3,(H2,25,26,29,30). The van der Waals surface area contributed by atoms with E-state index in [1.807, 2.05) is 0 Å². The van der Waals surface area contributed by atoms with Crippen molar-refractivity contribution in [2.75, 3.05) is 30.3 Å². The normalized spacial score (nSPS) is 15.0. The first-order valence-electron chi connectivity index (χ1n) is 11.3. The highest BCUT2D eigenvalue weighted by Crippen LogP contribution is 2.21. The fraction of sp³-hybridized carbons (Fsp3) is 0.250. The summed E-state index contributed by atoms with van der Waals surface area (Å²) in [6.45, 7) is 2.62. The first-order valence-corrected chi connectivity index (χ1v) is 14.2. The van der Waals surface area contributed by atoms with Crippen LogP contribution < -0.4 is 20.1 Å². The van der Waals surface area contributed by atoms with Crippen molar-refractivity contribution < 1.29 is 16.8 Å². The number of hydrogen-bond donors (Lipinski definition) is 4. The maximum Gasteiger partial charge on any atom is 0.240 e. The Labute approximate surface area is 211 Å². The van der Waals surface area contributed by atoms with E-state index < -0.39 is 20.0 Å². The Hall–Kier alpha value is -3.50. The van der Waals surface area contributed by atoms with Crippen LogP contribution in [0.15, 0.2) is 64.5 Å². The van der Waals surface area contributed by atoms with E-state index >= 15 is 0 Å². The van der Waals surface area contributed by atoms with Crippen LogP contribution >= 0.6 is 0 Å². The van der Waals surface area contributed by atoms with Crippen LogP contribution in [-0.4, -0.2) is 46.4 Å². The van der Waals surface area contributed by atoms with Gasteiger partial charge in [-0.15, -0.1) is 0 Å². The number of hydrogen-bond acceptors (Lipinski definition) is 8. The lowest BCUT2D eigenvalue weighted by Gasteiger charge is -2.10. The van der Waals surface area contributed by atoms with Crippen molar-refractivity contribution in [3.63, 3.8) is 0 Å². The predicted molar refractivity (Wildman–Crippen MR) is 138 cm³/mol. The van der Waals surface area contributed by atoms with Crippen molar-refractivity contribution in [1.82, 2.24) is 19.4 Å². The summed E-state index contributed by atoms with van der Waals surface area (Å²) in [6, 6.07) is 13.2. The van der Waals surface area contributed by atoms with Gasteiger partial charge in [0.05, 0.1) is 21.6 Å². The lowest BCUT2D eigenvalue weighted by molar-refractivity contribution is 0.579. The molecule has 1 aliphatic rings. The van der Waals surface area contributed by atoms with E-state index in [2.05, 4.69) is 41.9 Å². The van der Waals surface area contributed by atoms with Gasteiger partial charge in [-0.3, -0.25) is 0 Å². The molecule has 0 atom stereocenters. The van der Waals surface area contributed by atoms with Crippen LogP contribution in [0.25, 0.3) is 0 Å². The van der Waals surface area contributed by atoms with Crippen LogP contribution in [0.3, 0.4) is 0 Å². The van der Waals surface area contributed by atoms with Crippen LogP contribution in [0.1, 0.15) is 24.0 Å². The third-order valence-corrected chi connectivity index (χ3v) is 8.36. The summed E-state index contributed by atoms with van der Waals surface area (Å²) in [5.41, 5.74) is 1.75. The molecule has 0 saturated carbocycles. The zero-order chi connectivity index (χ0) is 25.6. The molecule has 0 saturated heterocycles. The molecule has 188 valence electrons. The van der Waals surface area contributed by atoms with E-state index in [0.717, 1.165) is 0 Å². The van der Waals surface area contributed by atoms with Crippen LogP contribution in [-0.2, 0) is 20.0 Å². The van der Waals surface area contributed by atoms with Gasteiger partial charge in [0.1, 0.15) is 5.82 Å². The van der Waals surface area contributed by atoms with Crippen LogP contribution in [0, 0.1) is 18.8 Å². The van der Waals surface area contributed by atoms with Crippen molar-refractivity contribution in [2.45, 2.75) is 29.6 Å².